The van der Waals surface area contributed by atoms with E-state index >= 15 is 0 Å². The maximum Gasteiger partial charge on any atom is 0.256 e. The van der Waals surface area contributed by atoms with E-state index in [4.69, 9.17) is 9.47 Å². The first kappa shape index (κ1) is 23.9. The highest BCUT2D eigenvalue weighted by atomic mass is 35.5. The molecule has 1 aliphatic heterocycles. The van der Waals surface area contributed by atoms with E-state index in [0.29, 0.717) is 24.3 Å². The first-order chi connectivity index (χ1) is 13.7. The smallest absolute Gasteiger partial charge is 0.256 e. The molecule has 0 saturated carbocycles. The van der Waals surface area contributed by atoms with Crippen molar-refractivity contribution in [2.24, 2.45) is 0 Å². The van der Waals surface area contributed by atoms with Crippen LogP contribution in [0.1, 0.15) is 12.8 Å². The number of halogens is 2. The van der Waals surface area contributed by atoms with Crippen LogP contribution in [0.3, 0.4) is 0 Å². The minimum atomic E-state index is -0.767. The second-order valence-corrected chi connectivity index (χ2v) is 6.86. The molecule has 8 heteroatoms. The molecule has 1 amide bonds. The highest BCUT2D eigenvalue weighted by Crippen LogP contribution is 2.30. The minimum Gasteiger partial charge on any atom is -0.457 e. The van der Waals surface area contributed by atoms with Crippen LogP contribution in [-0.2, 0) is 9.53 Å². The normalized spacial score (nSPS) is 14.8. The topological polar surface area (TPSA) is 72.5 Å². The fraction of sp³-hybridized carbons (Fsp3) is 0.273. The standard InChI is InChI=1S/C22H23N3O3.2ClH/c1-27-22(11-14-23-15-12-22)21(26)25-16-6-8-17(9-7-16)28-20-10-13-24-19-5-3-2-4-18(19)20;;/h2-10,13,23H,11-12,14-15H2,1H3,(H,25,26);2*1H. The van der Waals surface area contributed by atoms with Crippen LogP contribution < -0.4 is 15.4 Å². The largest absolute Gasteiger partial charge is 0.457 e. The highest BCUT2D eigenvalue weighted by molar-refractivity contribution is 5.97. The number of ether oxygens (including phenoxy) is 2. The average Bonchev–Trinajstić information content (AvgIpc) is 2.76. The number of para-hydroxylation sites is 1. The van der Waals surface area contributed by atoms with Crippen molar-refractivity contribution in [2.75, 3.05) is 25.5 Å². The first-order valence-electron chi connectivity index (χ1n) is 9.39. The monoisotopic (exact) mass is 449 g/mol. The number of nitrogens with one attached hydrogen (secondary N) is 2. The van der Waals surface area contributed by atoms with Gasteiger partial charge in [-0.05, 0) is 68.4 Å². The fourth-order valence-electron chi connectivity index (χ4n) is 3.49. The fourth-order valence-corrected chi connectivity index (χ4v) is 3.49. The first-order valence-corrected chi connectivity index (χ1v) is 9.39. The van der Waals surface area contributed by atoms with Crippen LogP contribution in [0.2, 0.25) is 0 Å². The number of anilines is 1. The highest BCUT2D eigenvalue weighted by Gasteiger charge is 2.39. The van der Waals surface area contributed by atoms with E-state index in [9.17, 15) is 4.79 Å². The summed E-state index contributed by atoms with van der Waals surface area (Å²) in [4.78, 5) is 17.1. The van der Waals surface area contributed by atoms with Crippen LogP contribution in [0.4, 0.5) is 5.69 Å². The number of carbonyl (C=O) groups is 1. The van der Waals surface area contributed by atoms with E-state index in [1.807, 2.05) is 54.6 Å². The van der Waals surface area contributed by atoms with Gasteiger partial charge in [-0.1, -0.05) is 12.1 Å². The SMILES string of the molecule is COC1(C(=O)Nc2ccc(Oc3ccnc4ccccc34)cc2)CCNCC1.Cl.Cl. The zero-order chi connectivity index (χ0) is 19.4. The quantitative estimate of drug-likeness (QED) is 0.596. The molecule has 2 aromatic carbocycles. The summed E-state index contributed by atoms with van der Waals surface area (Å²) < 4.78 is 11.6. The van der Waals surface area contributed by atoms with Gasteiger partial charge in [-0.2, -0.15) is 0 Å². The second-order valence-electron chi connectivity index (χ2n) is 6.86. The molecule has 0 atom stereocenters. The number of benzene rings is 2. The summed E-state index contributed by atoms with van der Waals surface area (Å²) in [6.45, 7) is 1.54. The Labute approximate surface area is 188 Å². The molecule has 0 radical (unpaired) electrons. The van der Waals surface area contributed by atoms with Gasteiger partial charge >= 0.3 is 0 Å². The number of hydrogen-bond donors (Lipinski definition) is 2. The van der Waals surface area contributed by atoms with Gasteiger partial charge < -0.3 is 20.1 Å². The van der Waals surface area contributed by atoms with Crippen molar-refractivity contribution in [3.63, 3.8) is 0 Å². The molecule has 1 aliphatic rings. The molecule has 1 aromatic heterocycles. The lowest BCUT2D eigenvalue weighted by Gasteiger charge is -2.34. The molecule has 0 unspecified atom stereocenters. The Kier molecular flexibility index (Phi) is 8.43. The molecular weight excluding hydrogens is 425 g/mol. The number of methoxy groups -OCH3 is 1. The van der Waals surface area contributed by atoms with Gasteiger partial charge in [0.25, 0.3) is 5.91 Å². The summed E-state index contributed by atoms with van der Waals surface area (Å²) in [5, 5.41) is 7.18. The van der Waals surface area contributed by atoms with E-state index in [2.05, 4.69) is 15.6 Å². The maximum atomic E-state index is 12.7. The van der Waals surface area contributed by atoms with Crippen LogP contribution in [-0.4, -0.2) is 36.7 Å². The van der Waals surface area contributed by atoms with Crippen molar-refractivity contribution in [3.05, 3.63) is 60.8 Å². The number of rotatable bonds is 5. The van der Waals surface area contributed by atoms with Gasteiger partial charge in [0.15, 0.2) is 0 Å². The third-order valence-electron chi connectivity index (χ3n) is 5.16. The summed E-state index contributed by atoms with van der Waals surface area (Å²) in [5.41, 5.74) is 0.832. The summed E-state index contributed by atoms with van der Waals surface area (Å²) >= 11 is 0. The van der Waals surface area contributed by atoms with Gasteiger partial charge in [0, 0.05) is 24.4 Å². The van der Waals surface area contributed by atoms with E-state index in [0.717, 1.165) is 29.7 Å². The number of fused-ring (bicyclic) bond motifs is 1. The number of aromatic nitrogens is 1. The molecule has 2 heterocycles. The molecule has 0 aliphatic carbocycles. The summed E-state index contributed by atoms with van der Waals surface area (Å²) in [7, 11) is 1.60. The van der Waals surface area contributed by atoms with Crippen molar-refractivity contribution in [3.8, 4) is 11.5 Å². The van der Waals surface area contributed by atoms with Gasteiger partial charge in [-0.25, -0.2) is 0 Å². The molecule has 1 fully saturated rings. The Balaban J connectivity index is 0.00000160. The number of piperidine rings is 1. The number of pyridine rings is 1. The number of amides is 1. The Morgan fingerprint density at radius 1 is 1.03 bits per heavy atom. The number of hydrogen-bond acceptors (Lipinski definition) is 5. The molecule has 0 spiro atoms. The molecule has 0 bridgehead atoms. The van der Waals surface area contributed by atoms with Gasteiger partial charge in [-0.3, -0.25) is 9.78 Å². The van der Waals surface area contributed by atoms with Gasteiger partial charge in [0.2, 0.25) is 0 Å². The van der Waals surface area contributed by atoms with Crippen molar-refractivity contribution in [2.45, 2.75) is 18.4 Å². The summed E-state index contributed by atoms with van der Waals surface area (Å²) in [6.07, 6.45) is 3.05. The van der Waals surface area contributed by atoms with Crippen LogP contribution in [0.5, 0.6) is 11.5 Å². The zero-order valence-electron chi connectivity index (χ0n) is 16.6. The second kappa shape index (κ2) is 10.6. The molecule has 1 saturated heterocycles. The minimum absolute atomic E-state index is 0. The van der Waals surface area contributed by atoms with Gasteiger partial charge in [0.1, 0.15) is 17.1 Å². The van der Waals surface area contributed by atoms with E-state index in [1.54, 1.807) is 13.3 Å². The van der Waals surface area contributed by atoms with E-state index < -0.39 is 5.60 Å². The number of nitrogens with zero attached hydrogens (tertiary/aromatic N) is 1. The Bertz CT molecular complexity index is 972. The Morgan fingerprint density at radius 3 is 2.43 bits per heavy atom. The molecule has 2 N–H and O–H groups in total. The Hall–Kier alpha value is -2.38. The lowest BCUT2D eigenvalue weighted by molar-refractivity contribution is -0.140. The van der Waals surface area contributed by atoms with Crippen LogP contribution in [0.25, 0.3) is 10.9 Å². The third-order valence-corrected chi connectivity index (χ3v) is 5.16. The van der Waals surface area contributed by atoms with Crippen molar-refractivity contribution >= 4 is 47.3 Å². The maximum absolute atomic E-state index is 12.7. The zero-order valence-corrected chi connectivity index (χ0v) is 18.2. The molecule has 30 heavy (non-hydrogen) atoms. The van der Waals surface area contributed by atoms with Crippen LogP contribution in [0.15, 0.2) is 60.8 Å². The molecule has 160 valence electrons. The molecule has 4 rings (SSSR count). The summed E-state index contributed by atoms with van der Waals surface area (Å²) in [5.74, 6) is 1.33. The van der Waals surface area contributed by atoms with E-state index in [1.165, 1.54) is 0 Å². The molecular formula is C22H25Cl2N3O3. The van der Waals surface area contributed by atoms with Gasteiger partial charge in [-0.15, -0.1) is 24.8 Å². The van der Waals surface area contributed by atoms with Crippen molar-refractivity contribution < 1.29 is 14.3 Å². The average molecular weight is 450 g/mol. The predicted octanol–water partition coefficient (Wildman–Crippen LogP) is 4.58. The lowest BCUT2D eigenvalue weighted by atomic mass is 9.91. The van der Waals surface area contributed by atoms with Gasteiger partial charge in [0.05, 0.1) is 5.52 Å². The van der Waals surface area contributed by atoms with E-state index in [-0.39, 0.29) is 30.7 Å². The summed E-state index contributed by atoms with van der Waals surface area (Å²) in [6, 6.07) is 17.0. The lowest BCUT2D eigenvalue weighted by Crippen LogP contribution is -2.51. The molecule has 6 nitrogen and oxygen atoms in total. The van der Waals surface area contributed by atoms with Crippen molar-refractivity contribution in [1.82, 2.24) is 10.3 Å². The van der Waals surface area contributed by atoms with Crippen LogP contribution >= 0.6 is 24.8 Å². The Morgan fingerprint density at radius 2 is 1.73 bits per heavy atom. The van der Waals surface area contributed by atoms with Crippen molar-refractivity contribution in [1.29, 1.82) is 0 Å². The predicted molar refractivity (Wildman–Crippen MR) is 123 cm³/mol. The third kappa shape index (κ3) is 5.02. The van der Waals surface area contributed by atoms with Crippen LogP contribution in [0, 0.1) is 0 Å². The number of carbonyl (C=O) groups excluding carboxylic acids is 1. The molecule has 3 aromatic rings.